The first kappa shape index (κ1) is 25.1. The van der Waals surface area contributed by atoms with Gasteiger partial charge in [0.05, 0.1) is 24.6 Å². The van der Waals surface area contributed by atoms with Gasteiger partial charge in [0.2, 0.25) is 5.91 Å². The van der Waals surface area contributed by atoms with E-state index in [1.807, 2.05) is 4.90 Å². The van der Waals surface area contributed by atoms with Crippen molar-refractivity contribution in [1.82, 2.24) is 10.2 Å². The molecule has 8 heteroatoms. The molecular formula is C28H32BrFN2O4. The van der Waals surface area contributed by atoms with E-state index in [-0.39, 0.29) is 36.0 Å². The zero-order valence-corrected chi connectivity index (χ0v) is 22.1. The van der Waals surface area contributed by atoms with E-state index >= 15 is 0 Å². The van der Waals surface area contributed by atoms with E-state index in [1.54, 1.807) is 43.5 Å². The first-order valence-electron chi connectivity index (χ1n) is 12.7. The van der Waals surface area contributed by atoms with Crippen molar-refractivity contribution < 1.29 is 23.5 Å². The summed E-state index contributed by atoms with van der Waals surface area (Å²) in [5.41, 5.74) is 0.938. The maximum atomic E-state index is 14.4. The number of rotatable bonds is 8. The number of fused-ring (bicyclic) bond motifs is 1. The van der Waals surface area contributed by atoms with E-state index in [1.165, 1.54) is 12.8 Å². The molecule has 2 aliphatic carbocycles. The minimum absolute atomic E-state index is 0.00501. The van der Waals surface area contributed by atoms with E-state index in [4.69, 9.17) is 9.47 Å². The zero-order valence-electron chi connectivity index (χ0n) is 20.5. The highest BCUT2D eigenvalue weighted by Crippen LogP contribution is 2.37. The quantitative estimate of drug-likeness (QED) is 0.496. The number of nitrogens with zero attached hydrogens (tertiary/aromatic N) is 1. The van der Waals surface area contributed by atoms with Crippen LogP contribution in [0.25, 0.3) is 0 Å². The van der Waals surface area contributed by atoms with Crippen LogP contribution in [0.2, 0.25) is 0 Å². The molecule has 1 heterocycles. The standard InChI is InChI=1S/C28H32BrFN2O4/c1-35-24-11-10-19(12-25(24)36-16-17-8-9-17)28(34)31-23-7-3-5-20-14-32(15-21(20)23)26(33)13-18-4-2-6-22(29)27(18)30/h2,4,6,10-12,17,20-21,23H,3,5,7-9,13-16H2,1H3,(H,31,34)/t20-,21-,23+/m1/s1. The first-order valence-corrected chi connectivity index (χ1v) is 13.5. The number of hydrogen-bond donors (Lipinski definition) is 1. The molecule has 6 nitrogen and oxygen atoms in total. The fraction of sp³-hybridized carbons (Fsp3) is 0.500. The smallest absolute Gasteiger partial charge is 0.251 e. The van der Waals surface area contributed by atoms with Crippen LogP contribution < -0.4 is 14.8 Å². The van der Waals surface area contributed by atoms with Crippen molar-refractivity contribution in [3.63, 3.8) is 0 Å². The molecular weight excluding hydrogens is 527 g/mol. The van der Waals surface area contributed by atoms with Crippen LogP contribution in [0.1, 0.15) is 48.0 Å². The van der Waals surface area contributed by atoms with Gasteiger partial charge in [0.25, 0.3) is 5.91 Å². The summed E-state index contributed by atoms with van der Waals surface area (Å²) in [6, 6.07) is 10.3. The van der Waals surface area contributed by atoms with Crippen LogP contribution >= 0.6 is 15.9 Å². The van der Waals surface area contributed by atoms with Crippen LogP contribution in [0.5, 0.6) is 11.5 Å². The van der Waals surface area contributed by atoms with Gasteiger partial charge in [-0.2, -0.15) is 0 Å². The Morgan fingerprint density at radius 3 is 2.72 bits per heavy atom. The van der Waals surface area contributed by atoms with Gasteiger partial charge < -0.3 is 19.7 Å². The molecule has 36 heavy (non-hydrogen) atoms. The SMILES string of the molecule is COc1ccc(C(=O)N[C@H]2CCC[C@@H]3CN(C(=O)Cc4cccc(Br)c4F)C[C@H]32)cc1OCC1CC1. The van der Waals surface area contributed by atoms with E-state index < -0.39 is 0 Å². The van der Waals surface area contributed by atoms with Gasteiger partial charge in [-0.15, -0.1) is 0 Å². The molecule has 0 spiro atoms. The molecule has 3 atom stereocenters. The van der Waals surface area contributed by atoms with E-state index in [0.717, 1.165) is 19.3 Å². The molecule has 2 aromatic carbocycles. The average molecular weight is 559 g/mol. The van der Waals surface area contributed by atoms with Crippen molar-refractivity contribution in [2.24, 2.45) is 17.8 Å². The molecule has 0 radical (unpaired) electrons. The summed E-state index contributed by atoms with van der Waals surface area (Å²) < 4.78 is 26.1. The maximum absolute atomic E-state index is 14.4. The summed E-state index contributed by atoms with van der Waals surface area (Å²) >= 11 is 3.19. The number of carbonyl (C=O) groups is 2. The Kier molecular flexibility index (Phi) is 7.51. The molecule has 192 valence electrons. The Hall–Kier alpha value is -2.61. The zero-order chi connectivity index (χ0) is 25.2. The van der Waals surface area contributed by atoms with Gasteiger partial charge in [0.1, 0.15) is 5.82 Å². The Balaban J connectivity index is 1.23. The number of nitrogens with one attached hydrogen (secondary N) is 1. The third kappa shape index (κ3) is 5.53. The minimum Gasteiger partial charge on any atom is -0.493 e. The maximum Gasteiger partial charge on any atom is 0.251 e. The lowest BCUT2D eigenvalue weighted by molar-refractivity contribution is -0.129. The van der Waals surface area contributed by atoms with E-state index in [2.05, 4.69) is 21.2 Å². The van der Waals surface area contributed by atoms with Crippen LogP contribution in [-0.4, -0.2) is 49.6 Å². The van der Waals surface area contributed by atoms with Gasteiger partial charge in [0.15, 0.2) is 11.5 Å². The fourth-order valence-corrected chi connectivity index (χ4v) is 5.90. The van der Waals surface area contributed by atoms with Crippen molar-refractivity contribution in [2.45, 2.75) is 44.6 Å². The summed E-state index contributed by atoms with van der Waals surface area (Å²) in [6.07, 6.45) is 5.34. The summed E-state index contributed by atoms with van der Waals surface area (Å²) in [5.74, 6) is 1.76. The van der Waals surface area contributed by atoms with Crippen LogP contribution in [0.4, 0.5) is 4.39 Å². The van der Waals surface area contributed by atoms with Crippen LogP contribution in [0.3, 0.4) is 0 Å². The topological polar surface area (TPSA) is 67.9 Å². The molecule has 0 bridgehead atoms. The highest BCUT2D eigenvalue weighted by atomic mass is 79.9. The van der Waals surface area contributed by atoms with Gasteiger partial charge in [0, 0.05) is 30.6 Å². The fourth-order valence-electron chi connectivity index (χ4n) is 5.49. The Labute approximate surface area is 219 Å². The predicted octanol–water partition coefficient (Wildman–Crippen LogP) is 4.99. The normalized spacial score (nSPS) is 23.2. The van der Waals surface area contributed by atoms with Gasteiger partial charge in [-0.1, -0.05) is 18.6 Å². The van der Waals surface area contributed by atoms with Crippen LogP contribution in [-0.2, 0) is 11.2 Å². The Bertz CT molecular complexity index is 1140. The number of carbonyl (C=O) groups excluding carboxylic acids is 2. The highest BCUT2D eigenvalue weighted by Gasteiger charge is 2.42. The summed E-state index contributed by atoms with van der Waals surface area (Å²) in [5, 5.41) is 3.23. The number of methoxy groups -OCH3 is 1. The summed E-state index contributed by atoms with van der Waals surface area (Å²) in [6.45, 7) is 1.89. The Morgan fingerprint density at radius 2 is 1.94 bits per heavy atom. The molecule has 3 aliphatic rings. The molecule has 1 saturated heterocycles. The minimum atomic E-state index is -0.382. The molecule has 2 aromatic rings. The lowest BCUT2D eigenvalue weighted by Gasteiger charge is -2.33. The van der Waals surface area contributed by atoms with Crippen LogP contribution in [0.15, 0.2) is 40.9 Å². The summed E-state index contributed by atoms with van der Waals surface area (Å²) in [4.78, 5) is 28.1. The monoisotopic (exact) mass is 558 g/mol. The lowest BCUT2D eigenvalue weighted by atomic mass is 9.78. The third-order valence-electron chi connectivity index (χ3n) is 7.74. The van der Waals surface area contributed by atoms with Crippen molar-refractivity contribution in [3.05, 3.63) is 57.8 Å². The third-order valence-corrected chi connectivity index (χ3v) is 8.35. The number of ether oxygens (including phenoxy) is 2. The number of likely N-dealkylation sites (tertiary alicyclic amines) is 1. The largest absolute Gasteiger partial charge is 0.493 e. The molecule has 2 amide bonds. The van der Waals surface area contributed by atoms with Gasteiger partial charge >= 0.3 is 0 Å². The number of amides is 2. The second-order valence-corrected chi connectivity index (χ2v) is 11.1. The average Bonchev–Trinajstić information content (AvgIpc) is 3.60. The molecule has 1 N–H and O–H groups in total. The van der Waals surface area contributed by atoms with Crippen molar-refractivity contribution in [1.29, 1.82) is 0 Å². The molecule has 5 rings (SSSR count). The van der Waals surface area contributed by atoms with Gasteiger partial charge in [-0.25, -0.2) is 4.39 Å². The van der Waals surface area contributed by atoms with E-state index in [9.17, 15) is 14.0 Å². The molecule has 0 unspecified atom stereocenters. The van der Waals surface area contributed by atoms with Crippen molar-refractivity contribution in [2.75, 3.05) is 26.8 Å². The van der Waals surface area contributed by atoms with Crippen molar-refractivity contribution in [3.8, 4) is 11.5 Å². The van der Waals surface area contributed by atoms with Gasteiger partial charge in [-0.05, 0) is 83.3 Å². The highest BCUT2D eigenvalue weighted by molar-refractivity contribution is 9.10. The molecule has 1 aliphatic heterocycles. The first-order chi connectivity index (χ1) is 17.4. The molecule has 0 aromatic heterocycles. The molecule has 3 fully saturated rings. The second kappa shape index (κ2) is 10.8. The number of halogens is 2. The number of benzene rings is 2. The van der Waals surface area contributed by atoms with Gasteiger partial charge in [-0.3, -0.25) is 9.59 Å². The number of hydrogen-bond acceptors (Lipinski definition) is 4. The Morgan fingerprint density at radius 1 is 1.11 bits per heavy atom. The van der Waals surface area contributed by atoms with Crippen LogP contribution in [0, 0.1) is 23.6 Å². The molecule has 2 saturated carbocycles. The summed E-state index contributed by atoms with van der Waals surface area (Å²) in [7, 11) is 1.60. The van der Waals surface area contributed by atoms with E-state index in [0.29, 0.717) is 58.6 Å². The van der Waals surface area contributed by atoms with Crippen molar-refractivity contribution >= 4 is 27.7 Å². The lowest BCUT2D eigenvalue weighted by Crippen LogP contribution is -2.45. The predicted molar refractivity (Wildman–Crippen MR) is 138 cm³/mol. The second-order valence-electron chi connectivity index (χ2n) is 10.2.